The maximum absolute atomic E-state index is 12.6. The van der Waals surface area contributed by atoms with Crippen molar-refractivity contribution in [2.24, 2.45) is 11.3 Å². The van der Waals surface area contributed by atoms with E-state index in [0.29, 0.717) is 12.2 Å². The van der Waals surface area contributed by atoms with Crippen LogP contribution in [-0.2, 0) is 11.3 Å². The van der Waals surface area contributed by atoms with E-state index in [1.54, 1.807) is 17.8 Å². The molecule has 1 spiro atoms. The molecule has 0 atom stereocenters. The number of amides is 3. The number of ether oxygens (including phenoxy) is 1. The summed E-state index contributed by atoms with van der Waals surface area (Å²) >= 11 is 0. The van der Waals surface area contributed by atoms with Gasteiger partial charge in [-0.1, -0.05) is 12.1 Å². The number of aromatic nitrogens is 3. The summed E-state index contributed by atoms with van der Waals surface area (Å²) in [5.74, 6) is 0.865. The summed E-state index contributed by atoms with van der Waals surface area (Å²) in [6.45, 7) is 0.469. The molecule has 2 aliphatic rings. The highest BCUT2D eigenvalue weighted by molar-refractivity contribution is 5.93. The van der Waals surface area contributed by atoms with Crippen molar-refractivity contribution in [3.8, 4) is 5.75 Å². The molecular formula is C23H26N6O3. The molecule has 5 rings (SSSR count). The molecule has 2 heterocycles. The van der Waals surface area contributed by atoms with Crippen LogP contribution >= 0.6 is 0 Å². The fourth-order valence-corrected chi connectivity index (χ4v) is 4.89. The summed E-state index contributed by atoms with van der Waals surface area (Å²) < 4.78 is 6.93. The second kappa shape index (κ2) is 8.14. The van der Waals surface area contributed by atoms with Crippen molar-refractivity contribution in [2.45, 2.75) is 38.3 Å². The molecule has 0 radical (unpaired) electrons. The van der Waals surface area contributed by atoms with Crippen LogP contribution in [0, 0.1) is 11.3 Å². The predicted octanol–water partition coefficient (Wildman–Crippen LogP) is 2.73. The smallest absolute Gasteiger partial charge is 0.315 e. The summed E-state index contributed by atoms with van der Waals surface area (Å²) in [5, 5.41) is 16.8. The minimum Gasteiger partial charge on any atom is -0.497 e. The lowest BCUT2D eigenvalue weighted by atomic mass is 9.50. The number of nitrogens with one attached hydrogen (secondary N) is 3. The lowest BCUT2D eigenvalue weighted by Crippen LogP contribution is -2.59. The number of rotatable bonds is 6. The van der Waals surface area contributed by atoms with E-state index in [0.717, 1.165) is 42.7 Å². The van der Waals surface area contributed by atoms with Gasteiger partial charge in [-0.2, -0.15) is 0 Å². The van der Waals surface area contributed by atoms with Crippen LogP contribution in [-0.4, -0.2) is 39.7 Å². The summed E-state index contributed by atoms with van der Waals surface area (Å²) in [7, 11) is 1.63. The monoisotopic (exact) mass is 434 g/mol. The second-order valence-electron chi connectivity index (χ2n) is 8.89. The van der Waals surface area contributed by atoms with Crippen molar-refractivity contribution in [2.75, 3.05) is 12.4 Å². The van der Waals surface area contributed by atoms with Gasteiger partial charge in [-0.05, 0) is 54.9 Å². The fourth-order valence-electron chi connectivity index (χ4n) is 4.89. The maximum Gasteiger partial charge on any atom is 0.315 e. The van der Waals surface area contributed by atoms with E-state index in [2.05, 4.69) is 26.1 Å². The predicted molar refractivity (Wildman–Crippen MR) is 118 cm³/mol. The third-order valence-corrected chi connectivity index (χ3v) is 6.60. The first-order valence-corrected chi connectivity index (χ1v) is 10.8. The van der Waals surface area contributed by atoms with Crippen LogP contribution in [0.4, 0.5) is 10.5 Å². The van der Waals surface area contributed by atoms with Crippen LogP contribution in [0.25, 0.3) is 5.65 Å². The first kappa shape index (κ1) is 20.3. The Morgan fingerprint density at radius 2 is 1.94 bits per heavy atom. The van der Waals surface area contributed by atoms with Gasteiger partial charge in [-0.15, -0.1) is 10.2 Å². The molecule has 0 saturated heterocycles. The lowest BCUT2D eigenvalue weighted by molar-refractivity contribution is -0.133. The minimum absolute atomic E-state index is 0.0222. The van der Waals surface area contributed by atoms with Crippen LogP contribution in [0.3, 0.4) is 0 Å². The Hall–Kier alpha value is -3.62. The molecule has 32 heavy (non-hydrogen) atoms. The molecule has 2 aromatic heterocycles. The minimum atomic E-state index is -0.154. The third-order valence-electron chi connectivity index (χ3n) is 6.60. The van der Waals surface area contributed by atoms with Crippen molar-refractivity contribution in [1.29, 1.82) is 0 Å². The highest BCUT2D eigenvalue weighted by atomic mass is 16.5. The summed E-state index contributed by atoms with van der Waals surface area (Å²) in [5.41, 5.74) is 2.65. The van der Waals surface area contributed by atoms with Gasteiger partial charge in [0.2, 0.25) is 5.91 Å². The Kier molecular flexibility index (Phi) is 5.16. The first-order valence-electron chi connectivity index (χ1n) is 10.8. The normalized spacial score (nSPS) is 23.8. The fraction of sp³-hybridized carbons (Fsp3) is 0.391. The van der Waals surface area contributed by atoms with Crippen molar-refractivity contribution < 1.29 is 14.3 Å². The number of urea groups is 1. The number of fused-ring (bicyclic) bond motifs is 1. The summed E-state index contributed by atoms with van der Waals surface area (Å²) in [6.07, 6.45) is 7.05. The molecule has 3 amide bonds. The SMILES string of the molecule is COc1ccc(CNC(=O)NC2CC3(C2)CC(C(=O)Nc2ccn4cnnc4c2)C3)cc1. The van der Waals surface area contributed by atoms with Gasteiger partial charge in [-0.3, -0.25) is 9.20 Å². The first-order chi connectivity index (χ1) is 15.5. The van der Waals surface area contributed by atoms with E-state index < -0.39 is 0 Å². The van der Waals surface area contributed by atoms with E-state index in [9.17, 15) is 9.59 Å². The topological polar surface area (TPSA) is 110 Å². The van der Waals surface area contributed by atoms with Crippen LogP contribution in [0.1, 0.15) is 31.2 Å². The number of benzene rings is 1. The zero-order valence-corrected chi connectivity index (χ0v) is 17.9. The van der Waals surface area contributed by atoms with E-state index in [1.807, 2.05) is 42.6 Å². The molecule has 9 nitrogen and oxygen atoms in total. The quantitative estimate of drug-likeness (QED) is 0.553. The number of carbonyl (C=O) groups is 2. The molecule has 2 aliphatic carbocycles. The average Bonchev–Trinajstić information content (AvgIpc) is 3.21. The van der Waals surface area contributed by atoms with Gasteiger partial charge in [0.1, 0.15) is 12.1 Å². The zero-order valence-electron chi connectivity index (χ0n) is 17.9. The van der Waals surface area contributed by atoms with E-state index >= 15 is 0 Å². The lowest BCUT2D eigenvalue weighted by Gasteiger charge is -2.57. The number of carbonyl (C=O) groups excluding carboxylic acids is 2. The average molecular weight is 435 g/mol. The molecule has 3 N–H and O–H groups in total. The van der Waals surface area contributed by atoms with Crippen LogP contribution in [0.15, 0.2) is 48.9 Å². The molecule has 0 aliphatic heterocycles. The Bertz CT molecular complexity index is 1130. The van der Waals surface area contributed by atoms with E-state index in [4.69, 9.17) is 4.74 Å². The van der Waals surface area contributed by atoms with Crippen LogP contribution < -0.4 is 20.7 Å². The molecule has 0 bridgehead atoms. The molecule has 2 fully saturated rings. The zero-order chi connectivity index (χ0) is 22.1. The van der Waals surface area contributed by atoms with Crippen LogP contribution in [0.2, 0.25) is 0 Å². The third kappa shape index (κ3) is 4.10. The Balaban J connectivity index is 1.02. The van der Waals surface area contributed by atoms with Crippen molar-refractivity contribution in [3.05, 3.63) is 54.5 Å². The number of methoxy groups -OCH3 is 1. The van der Waals surface area contributed by atoms with Gasteiger partial charge in [0.05, 0.1) is 7.11 Å². The number of hydrogen-bond acceptors (Lipinski definition) is 5. The summed E-state index contributed by atoms with van der Waals surface area (Å²) in [6, 6.07) is 11.3. The Morgan fingerprint density at radius 3 is 2.69 bits per heavy atom. The molecule has 1 aromatic carbocycles. The molecule has 9 heteroatoms. The van der Waals surface area contributed by atoms with Crippen LogP contribution in [0.5, 0.6) is 5.75 Å². The maximum atomic E-state index is 12.6. The molecule has 0 unspecified atom stereocenters. The Morgan fingerprint density at radius 1 is 1.16 bits per heavy atom. The number of nitrogens with zero attached hydrogens (tertiary/aromatic N) is 3. The van der Waals surface area contributed by atoms with Gasteiger partial charge >= 0.3 is 6.03 Å². The van der Waals surface area contributed by atoms with E-state index in [-0.39, 0.29) is 29.3 Å². The second-order valence-corrected chi connectivity index (χ2v) is 8.89. The molecule has 3 aromatic rings. The number of hydrogen-bond donors (Lipinski definition) is 3. The molecular weight excluding hydrogens is 408 g/mol. The van der Waals surface area contributed by atoms with Crippen molar-refractivity contribution >= 4 is 23.3 Å². The van der Waals surface area contributed by atoms with E-state index in [1.165, 1.54) is 0 Å². The van der Waals surface area contributed by atoms with Gasteiger partial charge in [-0.25, -0.2) is 4.79 Å². The van der Waals surface area contributed by atoms with Crippen molar-refractivity contribution in [1.82, 2.24) is 25.2 Å². The Labute approximate surface area is 185 Å². The largest absolute Gasteiger partial charge is 0.497 e. The standard InChI is InChI=1S/C23H26N6O3/c1-32-19-4-2-15(3-5-19)13-24-22(31)27-18-11-23(12-18)9-16(10-23)21(30)26-17-6-7-29-14-25-28-20(29)8-17/h2-8,14,16,18H,9-13H2,1H3,(H,26,30)(H2,24,27,31). The van der Waals surface area contributed by atoms with Gasteiger partial charge in [0.25, 0.3) is 0 Å². The molecule has 166 valence electrons. The number of anilines is 1. The van der Waals surface area contributed by atoms with Gasteiger partial charge in [0.15, 0.2) is 5.65 Å². The highest BCUT2D eigenvalue weighted by Crippen LogP contribution is 2.58. The molecule has 2 saturated carbocycles. The van der Waals surface area contributed by atoms with Gasteiger partial charge < -0.3 is 20.7 Å². The number of pyridine rings is 1. The van der Waals surface area contributed by atoms with Crippen molar-refractivity contribution in [3.63, 3.8) is 0 Å². The summed E-state index contributed by atoms with van der Waals surface area (Å²) in [4.78, 5) is 24.8. The van der Waals surface area contributed by atoms with Gasteiger partial charge in [0, 0.05) is 36.5 Å². The highest BCUT2D eigenvalue weighted by Gasteiger charge is 2.55.